The van der Waals surface area contributed by atoms with Gasteiger partial charge in [-0.2, -0.15) is 0 Å². The molecule has 2 aromatic rings. The van der Waals surface area contributed by atoms with E-state index >= 15 is 0 Å². The maximum absolute atomic E-state index is 11.9. The molecular formula is C15H19ClN4O. The van der Waals surface area contributed by atoms with Gasteiger partial charge in [-0.25, -0.2) is 9.97 Å². The first-order chi connectivity index (χ1) is 10.1. The molecule has 0 bridgehead atoms. The number of anilines is 1. The number of nitrogens with zero attached hydrogens (tertiary/aromatic N) is 2. The van der Waals surface area contributed by atoms with E-state index in [1.807, 2.05) is 24.3 Å². The fourth-order valence-electron chi connectivity index (χ4n) is 2.06. The standard InChI is InChI=1S/C15H19ClN4O/c1-10(8-9-17)6-7-13(21)20-15-14(16)18-11-4-2-3-5-12(11)19-15/h2-5,10H,6-9,17H2,1H3,(H,19,20,21). The lowest BCUT2D eigenvalue weighted by atomic mass is 10.0. The molecule has 1 heterocycles. The number of carbonyl (C=O) groups is 1. The third-order valence-corrected chi connectivity index (χ3v) is 3.57. The minimum absolute atomic E-state index is 0.106. The van der Waals surface area contributed by atoms with Crippen LogP contribution in [0.3, 0.4) is 0 Å². The summed E-state index contributed by atoms with van der Waals surface area (Å²) in [5, 5.41) is 2.93. The van der Waals surface area contributed by atoms with Crippen molar-refractivity contribution in [3.05, 3.63) is 29.4 Å². The Morgan fingerprint density at radius 1 is 1.29 bits per heavy atom. The van der Waals surface area contributed by atoms with E-state index in [4.69, 9.17) is 17.3 Å². The molecule has 1 unspecified atom stereocenters. The van der Waals surface area contributed by atoms with Gasteiger partial charge < -0.3 is 11.1 Å². The maximum Gasteiger partial charge on any atom is 0.225 e. The van der Waals surface area contributed by atoms with Gasteiger partial charge in [-0.3, -0.25) is 4.79 Å². The van der Waals surface area contributed by atoms with Crippen molar-refractivity contribution in [1.29, 1.82) is 0 Å². The second-order valence-electron chi connectivity index (χ2n) is 5.12. The highest BCUT2D eigenvalue weighted by Crippen LogP contribution is 2.21. The van der Waals surface area contributed by atoms with Crippen LogP contribution in [0.25, 0.3) is 11.0 Å². The predicted octanol–water partition coefficient (Wildman–Crippen LogP) is 2.99. The summed E-state index contributed by atoms with van der Waals surface area (Å²) in [5.74, 6) is 0.635. The number of carbonyl (C=O) groups excluding carboxylic acids is 1. The van der Waals surface area contributed by atoms with Gasteiger partial charge in [0.15, 0.2) is 11.0 Å². The van der Waals surface area contributed by atoms with Crippen molar-refractivity contribution in [2.24, 2.45) is 11.7 Å². The SMILES string of the molecule is CC(CCN)CCC(=O)Nc1nc2ccccc2nc1Cl. The molecule has 0 radical (unpaired) electrons. The van der Waals surface area contributed by atoms with Crippen LogP contribution < -0.4 is 11.1 Å². The van der Waals surface area contributed by atoms with Gasteiger partial charge in [0.25, 0.3) is 0 Å². The van der Waals surface area contributed by atoms with Crippen LogP contribution in [-0.4, -0.2) is 22.4 Å². The number of nitrogens with one attached hydrogen (secondary N) is 1. The van der Waals surface area contributed by atoms with Crippen molar-refractivity contribution < 1.29 is 4.79 Å². The maximum atomic E-state index is 11.9. The lowest BCUT2D eigenvalue weighted by Gasteiger charge is -2.10. The number of nitrogens with two attached hydrogens (primary N) is 1. The zero-order valence-electron chi connectivity index (χ0n) is 12.0. The van der Waals surface area contributed by atoms with E-state index in [0.29, 0.717) is 35.7 Å². The zero-order valence-corrected chi connectivity index (χ0v) is 12.7. The lowest BCUT2D eigenvalue weighted by Crippen LogP contribution is -2.15. The highest BCUT2D eigenvalue weighted by atomic mass is 35.5. The molecule has 5 nitrogen and oxygen atoms in total. The van der Waals surface area contributed by atoms with E-state index in [-0.39, 0.29) is 11.1 Å². The molecule has 0 aliphatic rings. The molecule has 1 aromatic carbocycles. The first-order valence-electron chi connectivity index (χ1n) is 7.02. The molecule has 1 aromatic heterocycles. The van der Waals surface area contributed by atoms with Crippen LogP contribution in [0.5, 0.6) is 0 Å². The van der Waals surface area contributed by atoms with Gasteiger partial charge in [0.05, 0.1) is 11.0 Å². The Labute approximate surface area is 128 Å². The Hall–Kier alpha value is -1.72. The molecule has 1 amide bonds. The fraction of sp³-hybridized carbons (Fsp3) is 0.400. The number of fused-ring (bicyclic) bond motifs is 1. The minimum Gasteiger partial charge on any atom is -0.330 e. The van der Waals surface area contributed by atoms with Crippen LogP contribution in [0.4, 0.5) is 5.82 Å². The summed E-state index contributed by atoms with van der Waals surface area (Å²) in [7, 11) is 0. The van der Waals surface area contributed by atoms with Crippen LogP contribution in [-0.2, 0) is 4.79 Å². The molecule has 0 spiro atoms. The number of hydrogen-bond donors (Lipinski definition) is 2. The fourth-order valence-corrected chi connectivity index (χ4v) is 2.24. The summed E-state index contributed by atoms with van der Waals surface area (Å²) in [4.78, 5) is 20.5. The summed E-state index contributed by atoms with van der Waals surface area (Å²) in [6.45, 7) is 2.73. The number of hydrogen-bond acceptors (Lipinski definition) is 4. The van der Waals surface area contributed by atoms with Crippen molar-refractivity contribution in [2.75, 3.05) is 11.9 Å². The molecule has 0 aliphatic heterocycles. The van der Waals surface area contributed by atoms with E-state index in [0.717, 1.165) is 12.8 Å². The van der Waals surface area contributed by atoms with Crippen LogP contribution >= 0.6 is 11.6 Å². The number of amides is 1. The highest BCUT2D eigenvalue weighted by molar-refractivity contribution is 6.32. The van der Waals surface area contributed by atoms with Crippen LogP contribution in [0, 0.1) is 5.92 Å². The molecule has 21 heavy (non-hydrogen) atoms. The number of para-hydroxylation sites is 2. The Morgan fingerprint density at radius 3 is 2.62 bits per heavy atom. The molecule has 3 N–H and O–H groups in total. The van der Waals surface area contributed by atoms with Gasteiger partial charge >= 0.3 is 0 Å². The van der Waals surface area contributed by atoms with E-state index in [9.17, 15) is 4.79 Å². The topological polar surface area (TPSA) is 80.9 Å². The van der Waals surface area contributed by atoms with Crippen molar-refractivity contribution in [3.8, 4) is 0 Å². The van der Waals surface area contributed by atoms with Gasteiger partial charge in [-0.05, 0) is 37.4 Å². The molecule has 6 heteroatoms. The van der Waals surface area contributed by atoms with Crippen molar-refractivity contribution in [3.63, 3.8) is 0 Å². The molecule has 0 aliphatic carbocycles. The molecule has 1 atom stereocenters. The minimum atomic E-state index is -0.106. The molecule has 2 rings (SSSR count). The van der Waals surface area contributed by atoms with Gasteiger partial charge in [0, 0.05) is 6.42 Å². The number of benzene rings is 1. The molecule has 0 saturated heterocycles. The molecular weight excluding hydrogens is 288 g/mol. The predicted molar refractivity (Wildman–Crippen MR) is 85.2 cm³/mol. The smallest absolute Gasteiger partial charge is 0.225 e. The Morgan fingerprint density at radius 2 is 1.95 bits per heavy atom. The summed E-state index contributed by atoms with van der Waals surface area (Å²) < 4.78 is 0. The molecule has 0 fully saturated rings. The molecule has 0 saturated carbocycles. The van der Waals surface area contributed by atoms with Gasteiger partial charge in [0.1, 0.15) is 0 Å². The third kappa shape index (κ3) is 4.37. The number of rotatable bonds is 6. The largest absolute Gasteiger partial charge is 0.330 e. The van der Waals surface area contributed by atoms with Gasteiger partial charge in [-0.1, -0.05) is 30.7 Å². The Balaban J connectivity index is 2.02. The van der Waals surface area contributed by atoms with E-state index in [2.05, 4.69) is 22.2 Å². The van der Waals surface area contributed by atoms with E-state index in [1.165, 1.54) is 0 Å². The van der Waals surface area contributed by atoms with Gasteiger partial charge in [-0.15, -0.1) is 0 Å². The zero-order chi connectivity index (χ0) is 15.2. The van der Waals surface area contributed by atoms with Crippen LogP contribution in [0.2, 0.25) is 5.15 Å². The molecule has 112 valence electrons. The first-order valence-corrected chi connectivity index (χ1v) is 7.40. The highest BCUT2D eigenvalue weighted by Gasteiger charge is 2.11. The quantitative estimate of drug-likeness (QED) is 0.859. The van der Waals surface area contributed by atoms with Crippen LogP contribution in [0.15, 0.2) is 24.3 Å². The number of halogens is 1. The Bertz CT molecular complexity index is 632. The summed E-state index contributed by atoms with van der Waals surface area (Å²) in [5.41, 5.74) is 6.90. The summed E-state index contributed by atoms with van der Waals surface area (Å²) >= 11 is 6.05. The van der Waals surface area contributed by atoms with Crippen molar-refractivity contribution in [2.45, 2.75) is 26.2 Å². The average Bonchev–Trinajstić information content (AvgIpc) is 2.46. The van der Waals surface area contributed by atoms with E-state index in [1.54, 1.807) is 0 Å². The lowest BCUT2D eigenvalue weighted by molar-refractivity contribution is -0.116. The van der Waals surface area contributed by atoms with Crippen molar-refractivity contribution >= 4 is 34.4 Å². The van der Waals surface area contributed by atoms with E-state index < -0.39 is 0 Å². The summed E-state index contributed by atoms with van der Waals surface area (Å²) in [6.07, 6.45) is 2.14. The van der Waals surface area contributed by atoms with Crippen molar-refractivity contribution in [1.82, 2.24) is 9.97 Å². The van der Waals surface area contributed by atoms with Gasteiger partial charge in [0.2, 0.25) is 5.91 Å². The monoisotopic (exact) mass is 306 g/mol. The second-order valence-corrected chi connectivity index (χ2v) is 5.48. The third-order valence-electron chi connectivity index (χ3n) is 3.31. The summed E-state index contributed by atoms with van der Waals surface area (Å²) in [6, 6.07) is 7.39. The van der Waals surface area contributed by atoms with Crippen LogP contribution in [0.1, 0.15) is 26.2 Å². The number of aromatic nitrogens is 2. The Kier molecular flexibility index (Phi) is 5.47. The average molecular weight is 307 g/mol. The second kappa shape index (κ2) is 7.33. The normalized spacial score (nSPS) is 12.3. The first kappa shape index (κ1) is 15.7.